The first-order valence-electron chi connectivity index (χ1n) is 6.14. The highest BCUT2D eigenvalue weighted by Crippen LogP contribution is 2.39. The molecule has 0 aliphatic heterocycles. The van der Waals surface area contributed by atoms with Gasteiger partial charge in [0.15, 0.2) is 0 Å². The Hall–Kier alpha value is -0.590. The number of alkyl halides is 1. The molecule has 0 radical (unpaired) electrons. The summed E-state index contributed by atoms with van der Waals surface area (Å²) in [7, 11) is 1.72. The molecule has 1 nitrogen and oxygen atoms in total. The second-order valence-electron chi connectivity index (χ2n) is 4.45. The number of benzene rings is 2. The molecule has 2 aromatic carbocycles. The number of methoxy groups -OCH3 is 1. The Morgan fingerprint density at radius 3 is 2.55 bits per heavy atom. The number of fused-ring (bicyclic) bond motifs is 1. The van der Waals surface area contributed by atoms with Gasteiger partial charge in [0.2, 0.25) is 0 Å². The van der Waals surface area contributed by atoms with Crippen LogP contribution in [0.2, 0.25) is 0 Å². The first-order valence-corrected chi connectivity index (χ1v) is 9.01. The van der Waals surface area contributed by atoms with E-state index in [2.05, 4.69) is 74.2 Å². The molecule has 3 aromatic rings. The van der Waals surface area contributed by atoms with Crippen molar-refractivity contribution in [3.63, 3.8) is 0 Å². The van der Waals surface area contributed by atoms with Crippen LogP contribution in [0.3, 0.4) is 0 Å². The lowest BCUT2D eigenvalue weighted by Crippen LogP contribution is -1.94. The SMILES string of the molecule is COc1ccc(C(Br)c2csc(I)c2)c2ccccc12. The number of hydrogen-bond acceptors (Lipinski definition) is 2. The monoisotopic (exact) mass is 458 g/mol. The molecule has 0 amide bonds. The van der Waals surface area contributed by atoms with Crippen molar-refractivity contribution >= 4 is 60.6 Å². The molecule has 0 saturated carbocycles. The summed E-state index contributed by atoms with van der Waals surface area (Å²) in [5.41, 5.74) is 2.57. The van der Waals surface area contributed by atoms with E-state index >= 15 is 0 Å². The third kappa shape index (κ3) is 2.61. The van der Waals surface area contributed by atoms with E-state index < -0.39 is 0 Å². The van der Waals surface area contributed by atoms with E-state index in [0.29, 0.717) is 0 Å². The van der Waals surface area contributed by atoms with Gasteiger partial charge in [-0.15, -0.1) is 11.3 Å². The largest absolute Gasteiger partial charge is 0.496 e. The van der Waals surface area contributed by atoms with E-state index in [1.54, 1.807) is 18.4 Å². The summed E-state index contributed by atoms with van der Waals surface area (Å²) < 4.78 is 6.76. The van der Waals surface area contributed by atoms with Gasteiger partial charge in [-0.05, 0) is 56.6 Å². The van der Waals surface area contributed by atoms with Crippen LogP contribution in [0.5, 0.6) is 5.75 Å². The predicted molar refractivity (Wildman–Crippen MR) is 98.3 cm³/mol. The molecule has 1 unspecified atom stereocenters. The predicted octanol–water partition coefficient (Wildman–Crippen LogP) is 6.00. The van der Waals surface area contributed by atoms with Gasteiger partial charge in [-0.3, -0.25) is 0 Å². The summed E-state index contributed by atoms with van der Waals surface area (Å²) in [6.07, 6.45) is 0. The Labute approximate surface area is 144 Å². The number of halogens is 2. The fourth-order valence-corrected chi connectivity index (χ4v) is 4.57. The van der Waals surface area contributed by atoms with Gasteiger partial charge in [0.25, 0.3) is 0 Å². The van der Waals surface area contributed by atoms with Crippen molar-refractivity contribution in [3.05, 3.63) is 61.9 Å². The molecule has 0 N–H and O–H groups in total. The van der Waals surface area contributed by atoms with Gasteiger partial charge in [-0.25, -0.2) is 0 Å². The summed E-state index contributed by atoms with van der Waals surface area (Å²) in [5, 5.41) is 4.59. The lowest BCUT2D eigenvalue weighted by atomic mass is 9.99. The van der Waals surface area contributed by atoms with Crippen molar-refractivity contribution in [1.29, 1.82) is 0 Å². The normalized spacial score (nSPS) is 12.6. The lowest BCUT2D eigenvalue weighted by Gasteiger charge is -2.14. The van der Waals surface area contributed by atoms with E-state index in [-0.39, 0.29) is 4.83 Å². The van der Waals surface area contributed by atoms with Crippen molar-refractivity contribution in [3.8, 4) is 5.75 Å². The smallest absolute Gasteiger partial charge is 0.126 e. The van der Waals surface area contributed by atoms with Gasteiger partial charge in [-0.2, -0.15) is 0 Å². The molecule has 4 heteroatoms. The van der Waals surface area contributed by atoms with E-state index in [1.807, 2.05) is 12.1 Å². The van der Waals surface area contributed by atoms with Crippen LogP contribution in [0.25, 0.3) is 10.8 Å². The van der Waals surface area contributed by atoms with Gasteiger partial charge >= 0.3 is 0 Å². The van der Waals surface area contributed by atoms with E-state index in [9.17, 15) is 0 Å². The molecule has 0 spiro atoms. The lowest BCUT2D eigenvalue weighted by molar-refractivity contribution is 0.419. The first-order chi connectivity index (χ1) is 9.70. The van der Waals surface area contributed by atoms with Crippen LogP contribution in [-0.4, -0.2) is 7.11 Å². The molecule has 0 bridgehead atoms. The van der Waals surface area contributed by atoms with Gasteiger partial charge < -0.3 is 4.74 Å². The van der Waals surface area contributed by atoms with Crippen LogP contribution >= 0.6 is 49.9 Å². The molecule has 0 saturated heterocycles. The van der Waals surface area contributed by atoms with Crippen LogP contribution in [0.1, 0.15) is 16.0 Å². The van der Waals surface area contributed by atoms with Gasteiger partial charge in [0.1, 0.15) is 5.75 Å². The quantitative estimate of drug-likeness (QED) is 0.345. The van der Waals surface area contributed by atoms with Crippen molar-refractivity contribution in [2.75, 3.05) is 7.11 Å². The third-order valence-corrected chi connectivity index (χ3v) is 6.12. The fraction of sp³-hybridized carbons (Fsp3) is 0.125. The second-order valence-corrected chi connectivity index (χ2v) is 8.17. The Balaban J connectivity index is 2.17. The minimum Gasteiger partial charge on any atom is -0.496 e. The molecular weight excluding hydrogens is 447 g/mol. The van der Waals surface area contributed by atoms with Crippen molar-refractivity contribution < 1.29 is 4.74 Å². The van der Waals surface area contributed by atoms with Crippen LogP contribution in [0.15, 0.2) is 47.8 Å². The molecular formula is C16H12BrIOS. The fourth-order valence-electron chi connectivity index (χ4n) is 2.33. The second kappa shape index (κ2) is 6.03. The van der Waals surface area contributed by atoms with Crippen LogP contribution in [-0.2, 0) is 0 Å². The highest BCUT2D eigenvalue weighted by atomic mass is 127. The molecule has 1 atom stereocenters. The van der Waals surface area contributed by atoms with Crippen molar-refractivity contribution in [1.82, 2.24) is 0 Å². The Bertz CT molecular complexity index is 753. The van der Waals surface area contributed by atoms with Crippen molar-refractivity contribution in [2.45, 2.75) is 4.83 Å². The topological polar surface area (TPSA) is 9.23 Å². The molecule has 0 fully saturated rings. The molecule has 0 aliphatic carbocycles. The number of hydrogen-bond donors (Lipinski definition) is 0. The average Bonchev–Trinajstić information content (AvgIpc) is 2.92. The van der Waals surface area contributed by atoms with Gasteiger partial charge in [-0.1, -0.05) is 46.3 Å². The maximum absolute atomic E-state index is 5.46. The maximum atomic E-state index is 5.46. The highest BCUT2D eigenvalue weighted by molar-refractivity contribution is 14.1. The summed E-state index contributed by atoms with van der Waals surface area (Å²) in [4.78, 5) is 0.207. The molecule has 20 heavy (non-hydrogen) atoms. The highest BCUT2D eigenvalue weighted by Gasteiger charge is 2.16. The van der Waals surface area contributed by atoms with E-state index in [0.717, 1.165) is 11.1 Å². The Kier molecular flexibility index (Phi) is 4.33. The number of thiophene rings is 1. The minimum absolute atomic E-state index is 0.207. The minimum atomic E-state index is 0.207. The molecule has 3 rings (SSSR count). The summed E-state index contributed by atoms with van der Waals surface area (Å²) in [6.45, 7) is 0. The summed E-state index contributed by atoms with van der Waals surface area (Å²) >= 11 is 7.97. The summed E-state index contributed by atoms with van der Waals surface area (Å²) in [6, 6.07) is 14.8. The van der Waals surface area contributed by atoms with E-state index in [1.165, 1.54) is 19.4 Å². The average molecular weight is 459 g/mol. The zero-order chi connectivity index (χ0) is 14.1. The van der Waals surface area contributed by atoms with Crippen LogP contribution in [0, 0.1) is 2.88 Å². The molecule has 1 heterocycles. The zero-order valence-electron chi connectivity index (χ0n) is 10.8. The zero-order valence-corrected chi connectivity index (χ0v) is 15.3. The maximum Gasteiger partial charge on any atom is 0.126 e. The number of rotatable bonds is 3. The van der Waals surface area contributed by atoms with Crippen LogP contribution in [0.4, 0.5) is 0 Å². The molecule has 0 aliphatic rings. The first kappa shape index (κ1) is 14.4. The van der Waals surface area contributed by atoms with Gasteiger partial charge in [0.05, 0.1) is 14.8 Å². The third-order valence-electron chi connectivity index (χ3n) is 3.29. The van der Waals surface area contributed by atoms with Crippen molar-refractivity contribution in [2.24, 2.45) is 0 Å². The van der Waals surface area contributed by atoms with E-state index in [4.69, 9.17) is 4.74 Å². The Morgan fingerprint density at radius 1 is 1.15 bits per heavy atom. The molecule has 102 valence electrons. The number of ether oxygens (including phenoxy) is 1. The molecule has 1 aromatic heterocycles. The van der Waals surface area contributed by atoms with Crippen LogP contribution < -0.4 is 4.74 Å². The standard InChI is InChI=1S/C16H12BrIOS/c1-19-14-7-6-13(11-4-2-3-5-12(11)14)16(17)10-8-15(18)20-9-10/h2-9,16H,1H3. The summed E-state index contributed by atoms with van der Waals surface area (Å²) in [5.74, 6) is 0.920. The Morgan fingerprint density at radius 2 is 1.90 bits per heavy atom. The van der Waals surface area contributed by atoms with Gasteiger partial charge in [0, 0.05) is 5.39 Å².